The quantitative estimate of drug-likeness (QED) is 0.730. The number of nitrogens with zero attached hydrogens (tertiary/aromatic N) is 2. The van der Waals surface area contributed by atoms with Crippen molar-refractivity contribution in [3.8, 4) is 5.75 Å². The van der Waals surface area contributed by atoms with Crippen LogP contribution >= 0.6 is 0 Å². The van der Waals surface area contributed by atoms with Gasteiger partial charge in [0.25, 0.3) is 5.91 Å². The molecule has 2 fully saturated rings. The number of hydrogen-bond acceptors (Lipinski definition) is 4. The SMILES string of the molecule is Cc1cccc(CN2CCCC(COc3ccccc3C(=O)N3CCOCC3)C2)c1. The number of hydrogen-bond donors (Lipinski definition) is 0. The molecule has 2 aromatic rings. The fourth-order valence-electron chi connectivity index (χ4n) is 4.41. The molecule has 0 aromatic heterocycles. The number of piperidine rings is 1. The number of carbonyl (C=O) groups is 1. The molecular formula is C25H32N2O3. The Balaban J connectivity index is 1.34. The Morgan fingerprint density at radius 2 is 1.93 bits per heavy atom. The Morgan fingerprint density at radius 1 is 1.10 bits per heavy atom. The molecule has 4 rings (SSSR count). The number of rotatable bonds is 6. The van der Waals surface area contributed by atoms with Gasteiger partial charge in [-0.05, 0) is 44.0 Å². The highest BCUT2D eigenvalue weighted by atomic mass is 16.5. The second kappa shape index (κ2) is 10.1. The van der Waals surface area contributed by atoms with Gasteiger partial charge in [0.2, 0.25) is 0 Å². The minimum Gasteiger partial charge on any atom is -0.492 e. The van der Waals surface area contributed by atoms with Crippen LogP contribution in [0.1, 0.15) is 34.3 Å². The van der Waals surface area contributed by atoms with Crippen LogP contribution in [0.25, 0.3) is 0 Å². The van der Waals surface area contributed by atoms with Gasteiger partial charge in [0.15, 0.2) is 0 Å². The summed E-state index contributed by atoms with van der Waals surface area (Å²) in [5, 5.41) is 0. The van der Waals surface area contributed by atoms with Gasteiger partial charge in [0.1, 0.15) is 5.75 Å². The Hall–Kier alpha value is -2.37. The van der Waals surface area contributed by atoms with Gasteiger partial charge in [-0.2, -0.15) is 0 Å². The molecule has 2 saturated heterocycles. The van der Waals surface area contributed by atoms with Crippen LogP contribution in [0, 0.1) is 12.8 Å². The lowest BCUT2D eigenvalue weighted by Crippen LogP contribution is -2.41. The molecule has 30 heavy (non-hydrogen) atoms. The monoisotopic (exact) mass is 408 g/mol. The molecule has 1 amide bonds. The number of carbonyl (C=O) groups excluding carboxylic acids is 1. The maximum absolute atomic E-state index is 12.9. The lowest BCUT2D eigenvalue weighted by atomic mass is 9.98. The van der Waals surface area contributed by atoms with Crippen molar-refractivity contribution in [2.75, 3.05) is 46.0 Å². The van der Waals surface area contributed by atoms with Crippen molar-refractivity contribution < 1.29 is 14.3 Å². The molecule has 2 heterocycles. The van der Waals surface area contributed by atoms with Gasteiger partial charge in [-0.1, -0.05) is 42.0 Å². The van der Waals surface area contributed by atoms with Crippen molar-refractivity contribution in [3.63, 3.8) is 0 Å². The molecule has 1 unspecified atom stereocenters. The van der Waals surface area contributed by atoms with Crippen LogP contribution in [0.2, 0.25) is 0 Å². The van der Waals surface area contributed by atoms with Gasteiger partial charge in [-0.15, -0.1) is 0 Å². The predicted octanol–water partition coefficient (Wildman–Crippen LogP) is 3.76. The van der Waals surface area contributed by atoms with Gasteiger partial charge in [0, 0.05) is 32.1 Å². The smallest absolute Gasteiger partial charge is 0.257 e. The van der Waals surface area contributed by atoms with Crippen LogP contribution in [0.5, 0.6) is 5.75 Å². The van der Waals surface area contributed by atoms with Crippen LogP contribution < -0.4 is 4.74 Å². The highest BCUT2D eigenvalue weighted by Crippen LogP contribution is 2.24. The first-order valence-electron chi connectivity index (χ1n) is 11.1. The number of aryl methyl sites for hydroxylation is 1. The molecule has 2 aliphatic rings. The van der Waals surface area contributed by atoms with Gasteiger partial charge in [0.05, 0.1) is 25.4 Å². The van der Waals surface area contributed by atoms with Crippen molar-refractivity contribution in [3.05, 3.63) is 65.2 Å². The number of morpholine rings is 1. The number of ether oxygens (including phenoxy) is 2. The van der Waals surface area contributed by atoms with Crippen molar-refractivity contribution in [2.24, 2.45) is 5.92 Å². The van der Waals surface area contributed by atoms with Gasteiger partial charge >= 0.3 is 0 Å². The number of para-hydroxylation sites is 1. The molecule has 1 atom stereocenters. The molecule has 0 bridgehead atoms. The summed E-state index contributed by atoms with van der Waals surface area (Å²) in [6.45, 7) is 8.45. The van der Waals surface area contributed by atoms with Crippen LogP contribution in [-0.2, 0) is 11.3 Å². The van der Waals surface area contributed by atoms with E-state index in [1.165, 1.54) is 24.0 Å². The van der Waals surface area contributed by atoms with Crippen molar-refractivity contribution >= 4 is 5.91 Å². The molecule has 0 radical (unpaired) electrons. The minimum atomic E-state index is 0.0404. The van der Waals surface area contributed by atoms with E-state index in [1.807, 2.05) is 29.2 Å². The number of benzene rings is 2. The largest absolute Gasteiger partial charge is 0.492 e. The van der Waals surface area contributed by atoms with E-state index in [9.17, 15) is 4.79 Å². The summed E-state index contributed by atoms with van der Waals surface area (Å²) in [4.78, 5) is 17.3. The molecule has 0 aliphatic carbocycles. The van der Waals surface area contributed by atoms with E-state index >= 15 is 0 Å². The zero-order valence-electron chi connectivity index (χ0n) is 17.9. The van der Waals surface area contributed by atoms with E-state index in [1.54, 1.807) is 0 Å². The van der Waals surface area contributed by atoms with E-state index in [0.717, 1.165) is 19.6 Å². The zero-order valence-corrected chi connectivity index (χ0v) is 17.9. The Kier molecular flexibility index (Phi) is 7.03. The first-order chi connectivity index (χ1) is 14.7. The molecule has 160 valence electrons. The Bertz CT molecular complexity index is 848. The van der Waals surface area contributed by atoms with E-state index in [-0.39, 0.29) is 5.91 Å². The maximum atomic E-state index is 12.9. The first kappa shape index (κ1) is 20.9. The highest BCUT2D eigenvalue weighted by Gasteiger charge is 2.24. The third kappa shape index (κ3) is 5.41. The average Bonchev–Trinajstić information content (AvgIpc) is 2.78. The topological polar surface area (TPSA) is 42.0 Å². The third-order valence-electron chi connectivity index (χ3n) is 5.98. The summed E-state index contributed by atoms with van der Waals surface area (Å²) in [5.74, 6) is 1.22. The summed E-state index contributed by atoms with van der Waals surface area (Å²) in [6.07, 6.45) is 2.36. The Morgan fingerprint density at radius 3 is 2.77 bits per heavy atom. The fourth-order valence-corrected chi connectivity index (χ4v) is 4.41. The number of likely N-dealkylation sites (tertiary alicyclic amines) is 1. The average molecular weight is 409 g/mol. The van der Waals surface area contributed by atoms with Crippen LogP contribution in [-0.4, -0.2) is 61.7 Å². The van der Waals surface area contributed by atoms with Crippen LogP contribution in [0.15, 0.2) is 48.5 Å². The normalized spacial score (nSPS) is 20.2. The fraction of sp³-hybridized carbons (Fsp3) is 0.480. The maximum Gasteiger partial charge on any atom is 0.257 e. The molecule has 2 aliphatic heterocycles. The molecule has 2 aromatic carbocycles. The highest BCUT2D eigenvalue weighted by molar-refractivity contribution is 5.97. The third-order valence-corrected chi connectivity index (χ3v) is 5.98. The van der Waals surface area contributed by atoms with E-state index in [0.29, 0.717) is 50.1 Å². The minimum absolute atomic E-state index is 0.0404. The zero-order chi connectivity index (χ0) is 20.8. The Labute approximate surface area is 179 Å². The van der Waals surface area contributed by atoms with E-state index in [2.05, 4.69) is 36.1 Å². The van der Waals surface area contributed by atoms with Gasteiger partial charge in [-0.3, -0.25) is 9.69 Å². The summed E-state index contributed by atoms with van der Waals surface area (Å²) in [5.41, 5.74) is 3.34. The second-order valence-corrected chi connectivity index (χ2v) is 8.44. The number of amides is 1. The predicted molar refractivity (Wildman–Crippen MR) is 118 cm³/mol. The lowest BCUT2D eigenvalue weighted by Gasteiger charge is -2.33. The molecule has 5 heteroatoms. The first-order valence-corrected chi connectivity index (χ1v) is 11.1. The molecule has 0 spiro atoms. The van der Waals surface area contributed by atoms with Crippen molar-refractivity contribution in [1.29, 1.82) is 0 Å². The van der Waals surface area contributed by atoms with Crippen molar-refractivity contribution in [1.82, 2.24) is 9.80 Å². The summed E-state index contributed by atoms with van der Waals surface area (Å²) >= 11 is 0. The molecular weight excluding hydrogens is 376 g/mol. The van der Waals surface area contributed by atoms with Gasteiger partial charge in [-0.25, -0.2) is 0 Å². The summed E-state index contributed by atoms with van der Waals surface area (Å²) < 4.78 is 11.6. The standard InChI is InChI=1S/C25H32N2O3/c1-20-6-4-7-21(16-20)17-26-11-5-8-22(18-26)19-30-24-10-3-2-9-23(24)25(28)27-12-14-29-15-13-27/h2-4,6-7,9-10,16,22H,5,8,11-15,17-19H2,1H3. The van der Waals surface area contributed by atoms with Crippen LogP contribution in [0.3, 0.4) is 0 Å². The van der Waals surface area contributed by atoms with Gasteiger partial charge < -0.3 is 14.4 Å². The molecule has 5 nitrogen and oxygen atoms in total. The lowest BCUT2D eigenvalue weighted by molar-refractivity contribution is 0.0299. The molecule has 0 N–H and O–H groups in total. The van der Waals surface area contributed by atoms with Crippen LogP contribution in [0.4, 0.5) is 0 Å². The van der Waals surface area contributed by atoms with E-state index < -0.39 is 0 Å². The molecule has 0 saturated carbocycles. The van der Waals surface area contributed by atoms with E-state index in [4.69, 9.17) is 9.47 Å². The summed E-state index contributed by atoms with van der Waals surface area (Å²) in [7, 11) is 0. The second-order valence-electron chi connectivity index (χ2n) is 8.44. The summed E-state index contributed by atoms with van der Waals surface area (Å²) in [6, 6.07) is 16.4. The van der Waals surface area contributed by atoms with Crippen molar-refractivity contribution in [2.45, 2.75) is 26.3 Å².